The van der Waals surface area contributed by atoms with Crippen molar-refractivity contribution in [2.75, 3.05) is 12.4 Å². The maximum atomic E-state index is 12.2. The third kappa shape index (κ3) is 1.15. The summed E-state index contributed by atoms with van der Waals surface area (Å²) < 4.78 is 12.2. The molecular weight excluding hydrogens is 135 g/mol. The minimum atomic E-state index is -0.621. The van der Waals surface area contributed by atoms with Crippen LogP contribution < -0.4 is 10.9 Å². The highest BCUT2D eigenvalue weighted by Gasteiger charge is 1.95. The smallest absolute Gasteiger partial charge is 0.273 e. The molecule has 10 heavy (non-hydrogen) atoms. The number of rotatable bonds is 1. The lowest BCUT2D eigenvalue weighted by Crippen LogP contribution is -2.12. The number of hydrogen-bond donors (Lipinski definition) is 2. The highest BCUT2D eigenvalue weighted by atomic mass is 19.1. The summed E-state index contributed by atoms with van der Waals surface area (Å²) in [6.07, 6.45) is 0. The quantitative estimate of drug-likeness (QED) is 0.562. The van der Waals surface area contributed by atoms with Crippen molar-refractivity contribution in [2.24, 2.45) is 0 Å². The maximum Gasteiger partial charge on any atom is 0.273 e. The second-order valence-electron chi connectivity index (χ2n) is 1.80. The SMILES string of the molecule is CNc1ccc(F)[nH]c1=O. The monoisotopic (exact) mass is 142 g/mol. The van der Waals surface area contributed by atoms with Gasteiger partial charge in [-0.05, 0) is 12.1 Å². The predicted molar refractivity (Wildman–Crippen MR) is 36.6 cm³/mol. The van der Waals surface area contributed by atoms with E-state index in [-0.39, 0.29) is 0 Å². The Balaban J connectivity index is 3.20. The lowest BCUT2D eigenvalue weighted by atomic mass is 10.4. The highest BCUT2D eigenvalue weighted by molar-refractivity contribution is 5.38. The molecule has 0 radical (unpaired) electrons. The third-order valence-corrected chi connectivity index (χ3v) is 1.14. The number of pyridine rings is 1. The Hall–Kier alpha value is -1.32. The first-order valence-electron chi connectivity index (χ1n) is 2.80. The van der Waals surface area contributed by atoms with Crippen molar-refractivity contribution in [3.63, 3.8) is 0 Å². The first-order chi connectivity index (χ1) is 4.74. The highest BCUT2D eigenvalue weighted by Crippen LogP contribution is 1.95. The Morgan fingerprint density at radius 1 is 1.60 bits per heavy atom. The molecule has 2 N–H and O–H groups in total. The van der Waals surface area contributed by atoms with Crippen molar-refractivity contribution in [3.05, 3.63) is 28.4 Å². The molecule has 4 heteroatoms. The number of aromatic nitrogens is 1. The van der Waals surface area contributed by atoms with Gasteiger partial charge in [0, 0.05) is 7.05 Å². The summed E-state index contributed by atoms with van der Waals surface area (Å²) in [7, 11) is 1.60. The molecule has 0 spiro atoms. The molecule has 54 valence electrons. The van der Waals surface area contributed by atoms with Crippen LogP contribution in [0.5, 0.6) is 0 Å². The van der Waals surface area contributed by atoms with E-state index in [2.05, 4.69) is 5.32 Å². The minimum absolute atomic E-state index is 0.362. The van der Waals surface area contributed by atoms with Crippen LogP contribution >= 0.6 is 0 Å². The van der Waals surface area contributed by atoms with Crippen LogP contribution in [0.4, 0.5) is 10.1 Å². The summed E-state index contributed by atoms with van der Waals surface area (Å²) in [6, 6.07) is 2.57. The lowest BCUT2D eigenvalue weighted by Gasteiger charge is -1.95. The lowest BCUT2D eigenvalue weighted by molar-refractivity contribution is 0.580. The number of anilines is 1. The fourth-order valence-corrected chi connectivity index (χ4v) is 0.647. The summed E-state index contributed by atoms with van der Waals surface area (Å²) >= 11 is 0. The molecule has 1 aromatic heterocycles. The van der Waals surface area contributed by atoms with Gasteiger partial charge in [0.15, 0.2) is 5.95 Å². The third-order valence-electron chi connectivity index (χ3n) is 1.14. The first-order valence-corrected chi connectivity index (χ1v) is 2.80. The zero-order valence-corrected chi connectivity index (χ0v) is 5.44. The van der Waals surface area contributed by atoms with Crippen molar-refractivity contribution in [1.29, 1.82) is 0 Å². The van der Waals surface area contributed by atoms with E-state index in [0.717, 1.165) is 0 Å². The van der Waals surface area contributed by atoms with Gasteiger partial charge in [-0.25, -0.2) is 0 Å². The van der Waals surface area contributed by atoms with E-state index in [0.29, 0.717) is 5.69 Å². The van der Waals surface area contributed by atoms with Crippen molar-refractivity contribution in [2.45, 2.75) is 0 Å². The number of hydrogen-bond acceptors (Lipinski definition) is 2. The average Bonchev–Trinajstić information content (AvgIpc) is 1.88. The van der Waals surface area contributed by atoms with Crippen LogP contribution in [0.3, 0.4) is 0 Å². The average molecular weight is 142 g/mol. The molecule has 0 amide bonds. The van der Waals surface area contributed by atoms with Gasteiger partial charge in [-0.2, -0.15) is 4.39 Å². The van der Waals surface area contributed by atoms with E-state index in [1.54, 1.807) is 7.05 Å². The van der Waals surface area contributed by atoms with Crippen LogP contribution in [-0.2, 0) is 0 Å². The van der Waals surface area contributed by atoms with Crippen LogP contribution in [0.1, 0.15) is 0 Å². The minimum Gasteiger partial charge on any atom is -0.384 e. The normalized spacial score (nSPS) is 9.40. The number of aromatic amines is 1. The van der Waals surface area contributed by atoms with Crippen molar-refractivity contribution < 1.29 is 4.39 Å². The first kappa shape index (κ1) is 6.80. The number of halogens is 1. The Morgan fingerprint density at radius 2 is 2.30 bits per heavy atom. The van der Waals surface area contributed by atoms with E-state index >= 15 is 0 Å². The maximum absolute atomic E-state index is 12.2. The molecule has 0 bridgehead atoms. The summed E-state index contributed by atoms with van der Waals surface area (Å²) in [5.74, 6) is -0.621. The zero-order valence-electron chi connectivity index (χ0n) is 5.44. The second kappa shape index (κ2) is 2.51. The van der Waals surface area contributed by atoms with Crippen molar-refractivity contribution in [1.82, 2.24) is 4.98 Å². The van der Waals surface area contributed by atoms with Crippen molar-refractivity contribution in [3.8, 4) is 0 Å². The zero-order chi connectivity index (χ0) is 7.56. The standard InChI is InChI=1S/C6H7FN2O/c1-8-4-2-3-5(7)9-6(4)10/h2-3,8H,1H3,(H,9,10). The fraction of sp³-hybridized carbons (Fsp3) is 0.167. The van der Waals surface area contributed by atoms with E-state index in [1.807, 2.05) is 4.98 Å². The molecule has 0 aromatic carbocycles. The van der Waals surface area contributed by atoms with E-state index < -0.39 is 11.5 Å². The van der Waals surface area contributed by atoms with Gasteiger partial charge in [0.1, 0.15) is 5.69 Å². The number of nitrogens with one attached hydrogen (secondary N) is 2. The molecule has 0 aliphatic carbocycles. The molecule has 1 heterocycles. The van der Waals surface area contributed by atoms with E-state index in [4.69, 9.17) is 0 Å². The molecule has 0 saturated carbocycles. The molecule has 1 aromatic rings. The van der Waals surface area contributed by atoms with Crippen LogP contribution in [-0.4, -0.2) is 12.0 Å². The van der Waals surface area contributed by atoms with E-state index in [1.165, 1.54) is 12.1 Å². The van der Waals surface area contributed by atoms with Crippen LogP contribution in [0.25, 0.3) is 0 Å². The molecular formula is C6H7FN2O. The van der Waals surface area contributed by atoms with Crippen LogP contribution in [0, 0.1) is 5.95 Å². The molecule has 0 saturated heterocycles. The van der Waals surface area contributed by atoms with Gasteiger partial charge in [-0.3, -0.25) is 9.78 Å². The van der Waals surface area contributed by atoms with Crippen LogP contribution in [0.2, 0.25) is 0 Å². The molecule has 3 nitrogen and oxygen atoms in total. The summed E-state index contributed by atoms with van der Waals surface area (Å²) in [5.41, 5.74) is -0.0797. The van der Waals surface area contributed by atoms with Gasteiger partial charge < -0.3 is 5.32 Å². The van der Waals surface area contributed by atoms with Crippen molar-refractivity contribution >= 4 is 5.69 Å². The molecule has 0 unspecified atom stereocenters. The Labute approximate surface area is 56.9 Å². The molecule has 0 aliphatic heterocycles. The Kier molecular flexibility index (Phi) is 1.71. The van der Waals surface area contributed by atoms with E-state index in [9.17, 15) is 9.18 Å². The molecule has 1 rings (SSSR count). The van der Waals surface area contributed by atoms with Gasteiger partial charge in [-0.1, -0.05) is 0 Å². The topological polar surface area (TPSA) is 44.9 Å². The fourth-order valence-electron chi connectivity index (χ4n) is 0.647. The summed E-state index contributed by atoms with van der Waals surface area (Å²) in [5, 5.41) is 2.61. The second-order valence-corrected chi connectivity index (χ2v) is 1.80. The van der Waals surface area contributed by atoms with Gasteiger partial charge in [0.2, 0.25) is 0 Å². The summed E-state index contributed by atoms with van der Waals surface area (Å²) in [4.78, 5) is 12.7. The predicted octanol–water partition coefficient (Wildman–Crippen LogP) is 0.556. The number of H-pyrrole nitrogens is 1. The van der Waals surface area contributed by atoms with Gasteiger partial charge in [0.05, 0.1) is 0 Å². The summed E-state index contributed by atoms with van der Waals surface area (Å²) in [6.45, 7) is 0. The Bertz CT molecular complexity index is 281. The van der Waals surface area contributed by atoms with Gasteiger partial charge in [-0.15, -0.1) is 0 Å². The molecule has 0 atom stereocenters. The van der Waals surface area contributed by atoms with Gasteiger partial charge in [0.25, 0.3) is 5.56 Å². The molecule has 0 fully saturated rings. The van der Waals surface area contributed by atoms with Gasteiger partial charge >= 0.3 is 0 Å². The van der Waals surface area contributed by atoms with Crippen LogP contribution in [0.15, 0.2) is 16.9 Å². The molecule has 0 aliphatic rings. The largest absolute Gasteiger partial charge is 0.384 e. The Morgan fingerprint density at radius 3 is 2.80 bits per heavy atom.